The quantitative estimate of drug-likeness (QED) is 0.799. The summed E-state index contributed by atoms with van der Waals surface area (Å²) in [4.78, 5) is 0.275. The van der Waals surface area contributed by atoms with Gasteiger partial charge in [0.15, 0.2) is 0 Å². The number of aryl methyl sites for hydroxylation is 1. The summed E-state index contributed by atoms with van der Waals surface area (Å²) in [6.45, 7) is 6.48. The van der Waals surface area contributed by atoms with Crippen molar-refractivity contribution in [1.29, 1.82) is 0 Å². The molecule has 0 aromatic heterocycles. The van der Waals surface area contributed by atoms with Crippen LogP contribution in [0.4, 0.5) is 0 Å². The topological polar surface area (TPSA) is 67.4 Å². The molecule has 114 valence electrons. The number of hydrogen-bond donors (Lipinski definition) is 2. The highest BCUT2D eigenvalue weighted by Gasteiger charge is 2.26. The zero-order valence-corrected chi connectivity index (χ0v) is 13.6. The summed E-state index contributed by atoms with van der Waals surface area (Å²) in [6.07, 6.45) is 0. The van der Waals surface area contributed by atoms with Crippen LogP contribution in [0.2, 0.25) is 0 Å². The Balaban J connectivity index is 3.07. The minimum absolute atomic E-state index is 0.275. The molecule has 0 atom stereocenters. The van der Waals surface area contributed by atoms with Crippen LogP contribution < -0.4 is 10.0 Å². The lowest BCUT2D eigenvalue weighted by atomic mass is 10.1. The summed E-state index contributed by atoms with van der Waals surface area (Å²) in [5.74, 6) is 0. The number of nitrogens with one attached hydrogen (secondary N) is 2. The molecule has 0 bridgehead atoms. The van der Waals surface area contributed by atoms with Crippen molar-refractivity contribution >= 4 is 10.0 Å². The molecule has 1 rings (SSSR count). The van der Waals surface area contributed by atoms with E-state index in [2.05, 4.69) is 10.0 Å². The normalized spacial score (nSPS) is 12.7. The average molecular weight is 300 g/mol. The maximum atomic E-state index is 12.4. The van der Waals surface area contributed by atoms with E-state index in [9.17, 15) is 8.42 Å². The van der Waals surface area contributed by atoms with Gasteiger partial charge in [-0.05, 0) is 51.1 Å². The van der Waals surface area contributed by atoms with Gasteiger partial charge in [0.05, 0.1) is 17.0 Å². The summed E-state index contributed by atoms with van der Waals surface area (Å²) < 4.78 is 32.5. The summed E-state index contributed by atoms with van der Waals surface area (Å²) in [5.41, 5.74) is 1.39. The van der Waals surface area contributed by atoms with Gasteiger partial charge in [-0.3, -0.25) is 0 Å². The molecular weight excluding hydrogens is 276 g/mol. The van der Waals surface area contributed by atoms with E-state index in [1.54, 1.807) is 33.1 Å². The molecule has 1 aromatic rings. The minimum Gasteiger partial charge on any atom is -0.383 e. The zero-order valence-electron chi connectivity index (χ0n) is 12.8. The van der Waals surface area contributed by atoms with Gasteiger partial charge in [0.1, 0.15) is 0 Å². The third kappa shape index (κ3) is 4.56. The Hall–Kier alpha value is -0.950. The van der Waals surface area contributed by atoms with Gasteiger partial charge in [-0.15, -0.1) is 0 Å². The smallest absolute Gasteiger partial charge is 0.241 e. The second-order valence-electron chi connectivity index (χ2n) is 5.54. The van der Waals surface area contributed by atoms with Crippen LogP contribution in [0.15, 0.2) is 23.1 Å². The molecule has 0 aliphatic carbocycles. The predicted octanol–water partition coefficient (Wildman–Crippen LogP) is 1.42. The van der Waals surface area contributed by atoms with Gasteiger partial charge in [0, 0.05) is 13.7 Å². The third-order valence-electron chi connectivity index (χ3n) is 2.91. The highest BCUT2D eigenvalue weighted by molar-refractivity contribution is 7.89. The minimum atomic E-state index is -3.56. The van der Waals surface area contributed by atoms with Crippen molar-refractivity contribution in [3.63, 3.8) is 0 Å². The highest BCUT2D eigenvalue weighted by Crippen LogP contribution is 2.17. The predicted molar refractivity (Wildman–Crippen MR) is 80.2 cm³/mol. The molecule has 0 fully saturated rings. The lowest BCUT2D eigenvalue weighted by Gasteiger charge is -2.25. The third-order valence-corrected chi connectivity index (χ3v) is 4.61. The summed E-state index contributed by atoms with van der Waals surface area (Å²) in [7, 11) is -0.173. The first-order chi connectivity index (χ1) is 9.22. The second kappa shape index (κ2) is 6.67. The molecule has 1 aromatic carbocycles. The fourth-order valence-corrected chi connectivity index (χ4v) is 3.46. The van der Waals surface area contributed by atoms with E-state index in [1.807, 2.05) is 20.0 Å². The highest BCUT2D eigenvalue weighted by atomic mass is 32.2. The van der Waals surface area contributed by atoms with Crippen molar-refractivity contribution in [2.75, 3.05) is 20.8 Å². The van der Waals surface area contributed by atoms with Crippen LogP contribution in [0.25, 0.3) is 0 Å². The molecular formula is C14H24N2O3S. The van der Waals surface area contributed by atoms with Crippen LogP contribution in [0, 0.1) is 6.92 Å². The Morgan fingerprint density at radius 3 is 2.50 bits per heavy atom. The molecule has 0 aliphatic rings. The molecule has 20 heavy (non-hydrogen) atoms. The monoisotopic (exact) mass is 300 g/mol. The Bertz CT molecular complexity index is 554. The standard InChI is InChI=1S/C14H24N2O3S/c1-11-6-7-13(8-12(11)9-15-4)20(17,18)16-14(2,3)10-19-5/h6-8,15-16H,9-10H2,1-5H3. The lowest BCUT2D eigenvalue weighted by Crippen LogP contribution is -2.46. The first-order valence-corrected chi connectivity index (χ1v) is 7.97. The molecule has 0 spiro atoms. The number of sulfonamides is 1. The van der Waals surface area contributed by atoms with E-state index in [1.165, 1.54) is 0 Å². The van der Waals surface area contributed by atoms with E-state index in [4.69, 9.17) is 4.74 Å². The molecule has 0 amide bonds. The zero-order chi connectivity index (χ0) is 15.4. The molecule has 6 heteroatoms. The summed E-state index contributed by atoms with van der Waals surface area (Å²) >= 11 is 0. The van der Waals surface area contributed by atoms with Crippen LogP contribution in [-0.2, 0) is 21.3 Å². The first-order valence-electron chi connectivity index (χ1n) is 6.49. The molecule has 0 saturated carbocycles. The van der Waals surface area contributed by atoms with Gasteiger partial charge < -0.3 is 10.1 Å². The molecule has 0 saturated heterocycles. The fraction of sp³-hybridized carbons (Fsp3) is 0.571. The van der Waals surface area contributed by atoms with Crippen molar-refractivity contribution in [3.05, 3.63) is 29.3 Å². The Morgan fingerprint density at radius 1 is 1.30 bits per heavy atom. The van der Waals surface area contributed by atoms with Gasteiger partial charge >= 0.3 is 0 Å². The maximum Gasteiger partial charge on any atom is 0.241 e. The second-order valence-corrected chi connectivity index (χ2v) is 7.22. The number of hydrogen-bond acceptors (Lipinski definition) is 4. The largest absolute Gasteiger partial charge is 0.383 e. The first kappa shape index (κ1) is 17.1. The molecule has 2 N–H and O–H groups in total. The van der Waals surface area contributed by atoms with Gasteiger partial charge in [0.25, 0.3) is 0 Å². The van der Waals surface area contributed by atoms with Crippen molar-refractivity contribution in [2.45, 2.75) is 37.8 Å². The van der Waals surface area contributed by atoms with E-state index in [0.29, 0.717) is 13.2 Å². The van der Waals surface area contributed by atoms with Crippen LogP contribution in [0.3, 0.4) is 0 Å². The summed E-state index contributed by atoms with van der Waals surface area (Å²) in [6, 6.07) is 5.15. The lowest BCUT2D eigenvalue weighted by molar-refractivity contribution is 0.141. The Labute approximate surface area is 121 Å². The van der Waals surface area contributed by atoms with Gasteiger partial charge in [-0.1, -0.05) is 6.07 Å². The van der Waals surface area contributed by atoms with E-state index >= 15 is 0 Å². The van der Waals surface area contributed by atoms with Crippen LogP contribution in [-0.4, -0.2) is 34.7 Å². The number of benzene rings is 1. The molecule has 5 nitrogen and oxygen atoms in total. The maximum absolute atomic E-state index is 12.4. The molecule has 0 unspecified atom stereocenters. The van der Waals surface area contributed by atoms with E-state index in [0.717, 1.165) is 11.1 Å². The van der Waals surface area contributed by atoms with Crippen LogP contribution >= 0.6 is 0 Å². The number of methoxy groups -OCH3 is 1. The van der Waals surface area contributed by atoms with Crippen LogP contribution in [0.5, 0.6) is 0 Å². The number of rotatable bonds is 7. The van der Waals surface area contributed by atoms with Crippen molar-refractivity contribution in [2.24, 2.45) is 0 Å². The number of ether oxygens (including phenoxy) is 1. The van der Waals surface area contributed by atoms with Gasteiger partial charge in [-0.25, -0.2) is 13.1 Å². The van der Waals surface area contributed by atoms with E-state index in [-0.39, 0.29) is 4.90 Å². The Kier molecular flexibility index (Phi) is 5.70. The average Bonchev–Trinajstić information content (AvgIpc) is 2.30. The van der Waals surface area contributed by atoms with Crippen molar-refractivity contribution < 1.29 is 13.2 Å². The SMILES string of the molecule is CNCc1cc(S(=O)(=O)NC(C)(C)COC)ccc1C. The molecule has 0 heterocycles. The molecule has 0 radical (unpaired) electrons. The van der Waals surface area contributed by atoms with E-state index < -0.39 is 15.6 Å². The summed E-state index contributed by atoms with van der Waals surface area (Å²) in [5, 5.41) is 3.04. The Morgan fingerprint density at radius 2 is 1.95 bits per heavy atom. The molecule has 0 aliphatic heterocycles. The van der Waals surface area contributed by atoms with Crippen molar-refractivity contribution in [3.8, 4) is 0 Å². The van der Waals surface area contributed by atoms with Crippen LogP contribution in [0.1, 0.15) is 25.0 Å². The van der Waals surface area contributed by atoms with Crippen molar-refractivity contribution in [1.82, 2.24) is 10.0 Å². The van der Waals surface area contributed by atoms with Gasteiger partial charge in [-0.2, -0.15) is 0 Å². The fourth-order valence-electron chi connectivity index (χ4n) is 2.01. The van der Waals surface area contributed by atoms with Gasteiger partial charge in [0.2, 0.25) is 10.0 Å².